The Morgan fingerprint density at radius 1 is 0.767 bits per heavy atom. The highest BCUT2D eigenvalue weighted by Crippen LogP contribution is 2.29. The van der Waals surface area contributed by atoms with Crippen LogP contribution in [0.4, 0.5) is 0 Å². The number of furan rings is 1. The van der Waals surface area contributed by atoms with E-state index >= 15 is 0 Å². The van der Waals surface area contributed by atoms with Crippen LogP contribution in [0.1, 0.15) is 33.3 Å². The summed E-state index contributed by atoms with van der Waals surface area (Å²) in [5.74, 6) is 0.0825. The Kier molecular flexibility index (Phi) is 4.56. The second kappa shape index (κ2) is 7.53. The van der Waals surface area contributed by atoms with Gasteiger partial charge in [0.15, 0.2) is 5.76 Å². The smallest absolute Gasteiger partial charge is 0.287 e. The lowest BCUT2D eigenvalue weighted by Gasteiger charge is -2.19. The fourth-order valence-electron chi connectivity index (χ4n) is 3.87. The summed E-state index contributed by atoms with van der Waals surface area (Å²) >= 11 is 0. The Hall–Kier alpha value is -3.85. The van der Waals surface area contributed by atoms with E-state index in [4.69, 9.17) is 4.42 Å². The molecule has 3 heteroatoms. The molecule has 146 valence electrons. The summed E-state index contributed by atoms with van der Waals surface area (Å²) in [5, 5.41) is 6.31. The quantitative estimate of drug-likeness (QED) is 0.384. The van der Waals surface area contributed by atoms with Gasteiger partial charge in [-0.1, -0.05) is 90.5 Å². The third kappa shape index (κ3) is 3.35. The molecular formula is C27H21NO2. The number of fused-ring (bicyclic) bond motifs is 3. The molecule has 3 nitrogen and oxygen atoms in total. The van der Waals surface area contributed by atoms with E-state index in [1.165, 1.54) is 5.56 Å². The molecule has 0 spiro atoms. The van der Waals surface area contributed by atoms with E-state index in [1.54, 1.807) is 0 Å². The Bertz CT molecular complexity index is 1330. The van der Waals surface area contributed by atoms with Crippen LogP contribution in [0.15, 0.2) is 101 Å². The molecule has 30 heavy (non-hydrogen) atoms. The molecule has 1 N–H and O–H groups in total. The number of aryl methyl sites for hydroxylation is 1. The molecule has 0 aliphatic carbocycles. The molecule has 0 saturated heterocycles. The fraction of sp³-hybridized carbons (Fsp3) is 0.0741. The zero-order valence-electron chi connectivity index (χ0n) is 16.6. The van der Waals surface area contributed by atoms with Crippen molar-refractivity contribution in [3.63, 3.8) is 0 Å². The molecule has 0 radical (unpaired) electrons. The van der Waals surface area contributed by atoms with Crippen molar-refractivity contribution in [1.82, 2.24) is 5.32 Å². The van der Waals surface area contributed by atoms with Gasteiger partial charge in [0.05, 0.1) is 6.04 Å². The van der Waals surface area contributed by atoms with Crippen molar-refractivity contribution in [2.24, 2.45) is 0 Å². The van der Waals surface area contributed by atoms with Crippen molar-refractivity contribution < 1.29 is 9.21 Å². The van der Waals surface area contributed by atoms with Crippen LogP contribution in [0.5, 0.6) is 0 Å². The maximum Gasteiger partial charge on any atom is 0.287 e. The number of benzene rings is 4. The van der Waals surface area contributed by atoms with E-state index in [-0.39, 0.29) is 11.9 Å². The minimum absolute atomic E-state index is 0.232. The summed E-state index contributed by atoms with van der Waals surface area (Å²) in [6, 6.07) is 31.8. The van der Waals surface area contributed by atoms with Crippen LogP contribution in [0.3, 0.4) is 0 Å². The molecule has 0 unspecified atom stereocenters. The number of hydrogen-bond acceptors (Lipinski definition) is 2. The molecule has 0 saturated carbocycles. The third-order valence-electron chi connectivity index (χ3n) is 5.47. The zero-order valence-corrected chi connectivity index (χ0v) is 16.6. The second-order valence-corrected chi connectivity index (χ2v) is 7.54. The van der Waals surface area contributed by atoms with Gasteiger partial charge < -0.3 is 9.73 Å². The van der Waals surface area contributed by atoms with Crippen LogP contribution in [-0.4, -0.2) is 5.91 Å². The van der Waals surface area contributed by atoms with Crippen LogP contribution in [-0.2, 0) is 0 Å². The summed E-state index contributed by atoms with van der Waals surface area (Å²) in [7, 11) is 0. The summed E-state index contributed by atoms with van der Waals surface area (Å²) in [6.45, 7) is 2.05. The van der Waals surface area contributed by atoms with Gasteiger partial charge in [0.2, 0.25) is 0 Å². The summed E-state index contributed by atoms with van der Waals surface area (Å²) in [6.07, 6.45) is 0. The van der Waals surface area contributed by atoms with E-state index in [0.29, 0.717) is 11.3 Å². The van der Waals surface area contributed by atoms with Crippen LogP contribution >= 0.6 is 0 Å². The molecule has 1 amide bonds. The molecule has 5 aromatic rings. The minimum Gasteiger partial charge on any atom is -0.451 e. The topological polar surface area (TPSA) is 42.2 Å². The molecule has 0 bridgehead atoms. The van der Waals surface area contributed by atoms with E-state index in [1.807, 2.05) is 66.7 Å². The first kappa shape index (κ1) is 18.2. The first-order valence-electron chi connectivity index (χ1n) is 10.0. The Labute approximate surface area is 175 Å². The number of rotatable bonds is 4. The van der Waals surface area contributed by atoms with Crippen molar-refractivity contribution in [2.75, 3.05) is 0 Å². The number of amides is 1. The SMILES string of the molecule is Cc1ccc([C@@H](NC(=O)c2cc3c(ccc4ccccc43)o2)c2ccccc2)cc1. The Balaban J connectivity index is 1.52. The molecule has 1 heterocycles. The van der Waals surface area contributed by atoms with Crippen LogP contribution < -0.4 is 5.32 Å². The van der Waals surface area contributed by atoms with Crippen LogP contribution in [0.25, 0.3) is 21.7 Å². The summed E-state index contributed by atoms with van der Waals surface area (Å²) in [5.41, 5.74) is 3.95. The van der Waals surface area contributed by atoms with Crippen molar-refractivity contribution >= 4 is 27.6 Å². The Morgan fingerprint density at radius 3 is 2.27 bits per heavy atom. The van der Waals surface area contributed by atoms with Gasteiger partial charge in [-0.05, 0) is 41.0 Å². The fourth-order valence-corrected chi connectivity index (χ4v) is 3.87. The van der Waals surface area contributed by atoms with Crippen LogP contribution in [0, 0.1) is 6.92 Å². The van der Waals surface area contributed by atoms with E-state index in [9.17, 15) is 4.79 Å². The van der Waals surface area contributed by atoms with Gasteiger partial charge in [0, 0.05) is 5.39 Å². The van der Waals surface area contributed by atoms with E-state index in [0.717, 1.165) is 27.3 Å². The predicted molar refractivity (Wildman–Crippen MR) is 121 cm³/mol. The van der Waals surface area contributed by atoms with Crippen molar-refractivity contribution in [1.29, 1.82) is 0 Å². The highest BCUT2D eigenvalue weighted by molar-refractivity contribution is 6.08. The van der Waals surface area contributed by atoms with E-state index in [2.05, 4.69) is 42.6 Å². The standard InChI is InChI=1S/C27H21NO2/c1-18-11-13-21(14-12-18)26(20-8-3-2-4-9-20)28-27(29)25-17-23-22-10-6-5-7-19(22)15-16-24(23)30-25/h2-17,26H,1H3,(H,28,29)/t26-/m0/s1. The van der Waals surface area contributed by atoms with Gasteiger partial charge in [-0.3, -0.25) is 4.79 Å². The van der Waals surface area contributed by atoms with Gasteiger partial charge >= 0.3 is 0 Å². The van der Waals surface area contributed by atoms with Gasteiger partial charge in [-0.15, -0.1) is 0 Å². The van der Waals surface area contributed by atoms with Crippen molar-refractivity contribution in [3.8, 4) is 0 Å². The van der Waals surface area contributed by atoms with Gasteiger partial charge in [-0.2, -0.15) is 0 Å². The average molecular weight is 391 g/mol. The number of carbonyl (C=O) groups is 1. The normalized spacial score (nSPS) is 12.2. The lowest BCUT2D eigenvalue weighted by atomic mass is 9.97. The highest BCUT2D eigenvalue weighted by atomic mass is 16.3. The molecule has 1 aromatic heterocycles. The highest BCUT2D eigenvalue weighted by Gasteiger charge is 2.20. The molecular weight excluding hydrogens is 370 g/mol. The minimum atomic E-state index is -0.260. The van der Waals surface area contributed by atoms with E-state index < -0.39 is 0 Å². The first-order valence-corrected chi connectivity index (χ1v) is 10.0. The largest absolute Gasteiger partial charge is 0.451 e. The summed E-state index contributed by atoms with van der Waals surface area (Å²) < 4.78 is 5.92. The molecule has 5 rings (SSSR count). The predicted octanol–water partition coefficient (Wildman–Crippen LogP) is 6.41. The number of hydrogen-bond donors (Lipinski definition) is 1. The number of nitrogens with one attached hydrogen (secondary N) is 1. The van der Waals surface area contributed by atoms with Crippen LogP contribution in [0.2, 0.25) is 0 Å². The monoisotopic (exact) mass is 391 g/mol. The average Bonchev–Trinajstić information content (AvgIpc) is 3.24. The van der Waals surface area contributed by atoms with Crippen molar-refractivity contribution in [3.05, 3.63) is 120 Å². The summed E-state index contributed by atoms with van der Waals surface area (Å²) in [4.78, 5) is 13.2. The maximum atomic E-state index is 13.2. The molecule has 4 aromatic carbocycles. The number of carbonyl (C=O) groups excluding carboxylic acids is 1. The van der Waals surface area contributed by atoms with Gasteiger partial charge in [-0.25, -0.2) is 0 Å². The zero-order chi connectivity index (χ0) is 20.5. The van der Waals surface area contributed by atoms with Gasteiger partial charge in [0.1, 0.15) is 5.58 Å². The lowest BCUT2D eigenvalue weighted by Crippen LogP contribution is -2.29. The van der Waals surface area contributed by atoms with Crippen molar-refractivity contribution in [2.45, 2.75) is 13.0 Å². The maximum absolute atomic E-state index is 13.2. The molecule has 0 fully saturated rings. The molecule has 1 atom stereocenters. The molecule has 0 aliphatic heterocycles. The Morgan fingerprint density at radius 2 is 1.47 bits per heavy atom. The van der Waals surface area contributed by atoms with Gasteiger partial charge in [0.25, 0.3) is 5.91 Å². The first-order chi connectivity index (χ1) is 14.7. The molecule has 0 aliphatic rings. The lowest BCUT2D eigenvalue weighted by molar-refractivity contribution is 0.0917. The third-order valence-corrected chi connectivity index (χ3v) is 5.47. The second-order valence-electron chi connectivity index (χ2n) is 7.54.